The zero-order valence-electron chi connectivity index (χ0n) is 14.6. The molecular formula is C16H21BFN3O5. The Bertz CT molecular complexity index is 703. The summed E-state index contributed by atoms with van der Waals surface area (Å²) in [5.74, 6) is -1.47. The fourth-order valence-electron chi connectivity index (χ4n) is 2.70. The Hall–Kier alpha value is -2.46. The first-order valence-electron chi connectivity index (χ1n) is 8.24. The van der Waals surface area contributed by atoms with Crippen LogP contribution >= 0.6 is 0 Å². The van der Waals surface area contributed by atoms with Gasteiger partial charge in [0.25, 0.3) is 5.91 Å². The van der Waals surface area contributed by atoms with Crippen LogP contribution < -0.4 is 16.1 Å². The highest BCUT2D eigenvalue weighted by molar-refractivity contribution is 6.61. The van der Waals surface area contributed by atoms with Gasteiger partial charge >= 0.3 is 7.12 Å². The van der Waals surface area contributed by atoms with Crippen molar-refractivity contribution >= 4 is 30.8 Å². The van der Waals surface area contributed by atoms with Crippen molar-refractivity contribution in [2.45, 2.75) is 26.5 Å². The molecule has 1 heterocycles. The molecule has 1 aromatic rings. The molecule has 0 bridgehead atoms. The molecule has 10 heteroatoms. The molecule has 2 rings (SSSR count). The highest BCUT2D eigenvalue weighted by atomic mass is 19.1. The number of nitrogens with zero attached hydrogens (tertiary/aromatic N) is 1. The van der Waals surface area contributed by atoms with Crippen molar-refractivity contribution in [1.82, 2.24) is 15.5 Å². The number of fused-ring (bicyclic) bond motifs is 1. The number of likely N-dealkylation sites (N-methyl/N-ethyl adjacent to an activating group) is 1. The van der Waals surface area contributed by atoms with E-state index in [4.69, 9.17) is 4.65 Å². The Kier molecular flexibility index (Phi) is 6.70. The van der Waals surface area contributed by atoms with Gasteiger partial charge in [0.1, 0.15) is 5.82 Å². The van der Waals surface area contributed by atoms with E-state index in [-0.39, 0.29) is 42.2 Å². The molecule has 0 aromatic heterocycles. The summed E-state index contributed by atoms with van der Waals surface area (Å²) in [7, 11) is -1.26. The number of carbonyl (C=O) groups is 3. The molecule has 0 spiro atoms. The molecule has 3 amide bonds. The average Bonchev–Trinajstić information content (AvgIpc) is 2.96. The van der Waals surface area contributed by atoms with E-state index in [2.05, 4.69) is 10.6 Å². The number of hydrogen-bond acceptors (Lipinski definition) is 5. The topological polar surface area (TPSA) is 108 Å². The Labute approximate surface area is 150 Å². The van der Waals surface area contributed by atoms with Crippen LogP contribution in [0.1, 0.15) is 29.8 Å². The molecule has 1 aromatic carbocycles. The van der Waals surface area contributed by atoms with E-state index >= 15 is 0 Å². The molecule has 0 fully saturated rings. The van der Waals surface area contributed by atoms with Gasteiger partial charge in [-0.3, -0.25) is 14.4 Å². The number of amides is 3. The predicted octanol–water partition coefficient (Wildman–Crippen LogP) is -1.24. The summed E-state index contributed by atoms with van der Waals surface area (Å²) >= 11 is 0. The molecule has 3 N–H and O–H groups in total. The molecular weight excluding hydrogens is 344 g/mol. The van der Waals surface area contributed by atoms with E-state index < -0.39 is 24.9 Å². The largest absolute Gasteiger partial charge is 0.491 e. The van der Waals surface area contributed by atoms with Gasteiger partial charge in [-0.1, -0.05) is 0 Å². The summed E-state index contributed by atoms with van der Waals surface area (Å²) in [6.45, 7) is 3.84. The summed E-state index contributed by atoms with van der Waals surface area (Å²) in [5.41, 5.74) is 0.503. The van der Waals surface area contributed by atoms with E-state index in [1.807, 2.05) is 0 Å². The highest BCUT2D eigenvalue weighted by Gasteiger charge is 2.31. The van der Waals surface area contributed by atoms with Crippen LogP contribution in [0.15, 0.2) is 12.1 Å². The number of rotatable bonds is 8. The van der Waals surface area contributed by atoms with Crippen LogP contribution in [0.5, 0.6) is 0 Å². The Morgan fingerprint density at radius 3 is 2.88 bits per heavy atom. The standard InChI is InChI=1S/C16H21BFN3O5/c1-3-19-15(23)7-21(9-22)6-10(2)20-16(24)11-4-13-12(14(18)5-11)8-26-17(13)25/h4-5,9-10,25H,3,6-8H2,1-2H3,(H,19,23)(H,20,24). The maximum absolute atomic E-state index is 14.0. The van der Waals surface area contributed by atoms with Gasteiger partial charge in [-0.05, 0) is 31.4 Å². The SMILES string of the molecule is CCNC(=O)CN(C=O)CC(C)NC(=O)c1cc(F)c2c(c1)B(O)OC2. The second kappa shape index (κ2) is 8.77. The lowest BCUT2D eigenvalue weighted by molar-refractivity contribution is -0.128. The van der Waals surface area contributed by atoms with E-state index in [9.17, 15) is 23.8 Å². The minimum Gasteiger partial charge on any atom is -0.423 e. The Balaban J connectivity index is 1.98. The molecule has 140 valence electrons. The van der Waals surface area contributed by atoms with Crippen LogP contribution in [0, 0.1) is 5.82 Å². The molecule has 0 aliphatic carbocycles. The lowest BCUT2D eigenvalue weighted by atomic mass is 9.78. The van der Waals surface area contributed by atoms with Gasteiger partial charge in [-0.25, -0.2) is 4.39 Å². The summed E-state index contributed by atoms with van der Waals surface area (Å²) < 4.78 is 19.0. The minimum absolute atomic E-state index is 0.0408. The smallest absolute Gasteiger partial charge is 0.423 e. The highest BCUT2D eigenvalue weighted by Crippen LogP contribution is 2.16. The van der Waals surface area contributed by atoms with Crippen LogP contribution in [0.4, 0.5) is 4.39 Å². The molecule has 0 saturated heterocycles. The second-order valence-electron chi connectivity index (χ2n) is 6.05. The third kappa shape index (κ3) is 4.80. The number of hydrogen-bond donors (Lipinski definition) is 3. The maximum atomic E-state index is 14.0. The average molecular weight is 365 g/mol. The van der Waals surface area contributed by atoms with Crippen molar-refractivity contribution in [3.05, 3.63) is 29.1 Å². The van der Waals surface area contributed by atoms with Crippen LogP contribution in [-0.4, -0.2) is 60.9 Å². The molecule has 8 nitrogen and oxygen atoms in total. The van der Waals surface area contributed by atoms with Crippen LogP contribution in [0.2, 0.25) is 0 Å². The number of halogens is 1. The van der Waals surface area contributed by atoms with Gasteiger partial charge in [-0.15, -0.1) is 0 Å². The molecule has 26 heavy (non-hydrogen) atoms. The van der Waals surface area contributed by atoms with Crippen molar-refractivity contribution in [2.24, 2.45) is 0 Å². The first-order chi connectivity index (χ1) is 12.3. The number of carbonyl (C=O) groups excluding carboxylic acids is 3. The monoisotopic (exact) mass is 365 g/mol. The Morgan fingerprint density at radius 1 is 1.50 bits per heavy atom. The van der Waals surface area contributed by atoms with Gasteiger partial charge in [-0.2, -0.15) is 0 Å². The number of benzene rings is 1. The predicted molar refractivity (Wildman–Crippen MR) is 92.0 cm³/mol. The van der Waals surface area contributed by atoms with Crippen molar-refractivity contribution in [2.75, 3.05) is 19.6 Å². The Morgan fingerprint density at radius 2 is 2.23 bits per heavy atom. The maximum Gasteiger partial charge on any atom is 0.491 e. The lowest BCUT2D eigenvalue weighted by Crippen LogP contribution is -2.45. The number of nitrogens with one attached hydrogen (secondary N) is 2. The first-order valence-corrected chi connectivity index (χ1v) is 8.24. The quantitative estimate of drug-likeness (QED) is 0.395. The van der Waals surface area contributed by atoms with Crippen LogP contribution in [0.25, 0.3) is 0 Å². The fraction of sp³-hybridized carbons (Fsp3) is 0.438. The summed E-state index contributed by atoms with van der Waals surface area (Å²) in [4.78, 5) is 36.2. The normalized spacial score (nSPS) is 13.8. The minimum atomic E-state index is -1.26. The molecule has 1 aliphatic rings. The summed E-state index contributed by atoms with van der Waals surface area (Å²) in [5, 5.41) is 14.9. The van der Waals surface area contributed by atoms with Crippen molar-refractivity contribution < 1.29 is 28.5 Å². The van der Waals surface area contributed by atoms with Gasteiger partial charge in [0, 0.05) is 30.3 Å². The van der Waals surface area contributed by atoms with E-state index in [0.717, 1.165) is 6.07 Å². The summed E-state index contributed by atoms with van der Waals surface area (Å²) in [6, 6.07) is 1.98. The van der Waals surface area contributed by atoms with Crippen LogP contribution in [0.3, 0.4) is 0 Å². The molecule has 1 atom stereocenters. The van der Waals surface area contributed by atoms with Crippen molar-refractivity contribution in [3.63, 3.8) is 0 Å². The van der Waals surface area contributed by atoms with Gasteiger partial charge in [0.05, 0.1) is 13.2 Å². The van der Waals surface area contributed by atoms with Crippen molar-refractivity contribution in [1.29, 1.82) is 0 Å². The zero-order valence-corrected chi connectivity index (χ0v) is 14.6. The first kappa shape index (κ1) is 19.9. The van der Waals surface area contributed by atoms with E-state index in [0.29, 0.717) is 13.0 Å². The van der Waals surface area contributed by atoms with Gasteiger partial charge in [0.15, 0.2) is 0 Å². The fourth-order valence-corrected chi connectivity index (χ4v) is 2.70. The van der Waals surface area contributed by atoms with Gasteiger partial charge < -0.3 is 25.2 Å². The molecule has 0 saturated carbocycles. The molecule has 1 unspecified atom stereocenters. The van der Waals surface area contributed by atoms with Gasteiger partial charge in [0.2, 0.25) is 12.3 Å². The van der Waals surface area contributed by atoms with E-state index in [1.165, 1.54) is 11.0 Å². The molecule has 0 radical (unpaired) electrons. The third-order valence-corrected chi connectivity index (χ3v) is 3.90. The third-order valence-electron chi connectivity index (χ3n) is 3.90. The lowest BCUT2D eigenvalue weighted by Gasteiger charge is -2.22. The van der Waals surface area contributed by atoms with E-state index in [1.54, 1.807) is 13.8 Å². The van der Waals surface area contributed by atoms with Crippen LogP contribution in [-0.2, 0) is 20.9 Å². The van der Waals surface area contributed by atoms with Crippen molar-refractivity contribution in [3.8, 4) is 0 Å². The summed E-state index contributed by atoms with van der Waals surface area (Å²) in [6.07, 6.45) is 0.528. The zero-order chi connectivity index (χ0) is 19.3. The second-order valence-corrected chi connectivity index (χ2v) is 6.05. The molecule has 1 aliphatic heterocycles.